The number of rotatable bonds is 4. The van der Waals surface area contributed by atoms with E-state index < -0.39 is 11.7 Å². The topological polar surface area (TPSA) is 117 Å². The standard InChI is InChI=1S/C9H17N7O2S/c1-9(2,3)18-8(17)11-5-4-10-7(19)12-6-13-15-16-14-6/h4-5H2,1-3H3,(H,11,17)(H3,10,12,13,14,15,16,19). The molecule has 1 aromatic rings. The summed E-state index contributed by atoms with van der Waals surface area (Å²) in [5.74, 6) is 0.276. The van der Waals surface area contributed by atoms with Gasteiger partial charge in [0, 0.05) is 13.1 Å². The third-order valence-corrected chi connectivity index (χ3v) is 1.90. The van der Waals surface area contributed by atoms with E-state index in [0.29, 0.717) is 18.2 Å². The predicted molar refractivity (Wildman–Crippen MR) is 72.6 cm³/mol. The molecular formula is C9H17N7O2S. The highest BCUT2D eigenvalue weighted by Gasteiger charge is 2.15. The van der Waals surface area contributed by atoms with E-state index in [9.17, 15) is 4.79 Å². The fraction of sp³-hybridized carbons (Fsp3) is 0.667. The maximum absolute atomic E-state index is 11.3. The molecule has 0 aromatic carbocycles. The molecule has 106 valence electrons. The largest absolute Gasteiger partial charge is 0.444 e. The lowest BCUT2D eigenvalue weighted by molar-refractivity contribution is 0.0529. The zero-order valence-electron chi connectivity index (χ0n) is 11.0. The molecule has 19 heavy (non-hydrogen) atoms. The second kappa shape index (κ2) is 6.83. The lowest BCUT2D eigenvalue weighted by atomic mass is 10.2. The summed E-state index contributed by atoms with van der Waals surface area (Å²) in [6, 6.07) is 0. The van der Waals surface area contributed by atoms with Crippen LogP contribution in [0.4, 0.5) is 10.7 Å². The van der Waals surface area contributed by atoms with E-state index in [1.807, 2.05) is 0 Å². The number of nitrogens with one attached hydrogen (secondary N) is 4. The van der Waals surface area contributed by atoms with Crippen molar-refractivity contribution in [3.63, 3.8) is 0 Å². The van der Waals surface area contributed by atoms with Gasteiger partial charge in [0.25, 0.3) is 5.95 Å². The van der Waals surface area contributed by atoms with Crippen molar-refractivity contribution in [1.29, 1.82) is 0 Å². The molecule has 0 saturated carbocycles. The van der Waals surface area contributed by atoms with Gasteiger partial charge < -0.3 is 15.4 Å². The summed E-state index contributed by atoms with van der Waals surface area (Å²) in [5.41, 5.74) is -0.507. The summed E-state index contributed by atoms with van der Waals surface area (Å²) in [6.45, 7) is 6.23. The molecule has 0 unspecified atom stereocenters. The summed E-state index contributed by atoms with van der Waals surface area (Å²) in [7, 11) is 0. The summed E-state index contributed by atoms with van der Waals surface area (Å²) in [5, 5.41) is 21.5. The number of aromatic amines is 1. The Balaban J connectivity index is 2.10. The Bertz CT molecular complexity index is 415. The second-order valence-corrected chi connectivity index (χ2v) is 4.95. The van der Waals surface area contributed by atoms with Crippen LogP contribution in [-0.4, -0.2) is 50.5 Å². The Labute approximate surface area is 115 Å². The molecule has 0 saturated heterocycles. The van der Waals surface area contributed by atoms with Crippen molar-refractivity contribution >= 4 is 29.4 Å². The molecule has 0 aliphatic carbocycles. The molecule has 4 N–H and O–H groups in total. The number of thiocarbonyl (C=S) groups is 1. The van der Waals surface area contributed by atoms with Crippen molar-refractivity contribution in [2.75, 3.05) is 18.4 Å². The van der Waals surface area contributed by atoms with Crippen molar-refractivity contribution in [2.24, 2.45) is 0 Å². The minimum absolute atomic E-state index is 0.276. The first-order chi connectivity index (χ1) is 8.87. The van der Waals surface area contributed by atoms with Crippen LogP contribution in [0, 0.1) is 0 Å². The van der Waals surface area contributed by atoms with Crippen LogP contribution in [-0.2, 0) is 4.74 Å². The van der Waals surface area contributed by atoms with E-state index in [1.165, 1.54) is 0 Å². The van der Waals surface area contributed by atoms with Crippen LogP contribution >= 0.6 is 12.2 Å². The highest BCUT2D eigenvalue weighted by atomic mass is 32.1. The molecule has 1 aromatic heterocycles. The van der Waals surface area contributed by atoms with Crippen molar-refractivity contribution in [1.82, 2.24) is 31.3 Å². The molecule has 1 rings (SSSR count). The van der Waals surface area contributed by atoms with Gasteiger partial charge in [0.1, 0.15) is 5.60 Å². The normalized spacial score (nSPS) is 10.7. The summed E-state index contributed by atoms with van der Waals surface area (Å²) in [6.07, 6.45) is -0.466. The van der Waals surface area contributed by atoms with Crippen LogP contribution in [0.1, 0.15) is 20.8 Å². The summed E-state index contributed by atoms with van der Waals surface area (Å²) < 4.78 is 5.07. The molecule has 0 fully saturated rings. The first-order valence-electron chi connectivity index (χ1n) is 5.62. The molecule has 0 radical (unpaired) electrons. The van der Waals surface area contributed by atoms with Gasteiger partial charge >= 0.3 is 6.09 Å². The predicted octanol–water partition coefficient (Wildman–Crippen LogP) is 0.0108. The number of nitrogens with zero attached hydrogens (tertiary/aromatic N) is 3. The van der Waals surface area contributed by atoms with Crippen LogP contribution in [0.25, 0.3) is 0 Å². The van der Waals surface area contributed by atoms with Gasteiger partial charge in [-0.1, -0.05) is 5.10 Å². The zero-order chi connectivity index (χ0) is 14.3. The third-order valence-electron chi connectivity index (χ3n) is 1.65. The number of tetrazole rings is 1. The van der Waals surface area contributed by atoms with Crippen LogP contribution in [0.5, 0.6) is 0 Å². The Morgan fingerprint density at radius 2 is 2.05 bits per heavy atom. The Hall–Kier alpha value is -1.97. The molecule has 0 atom stereocenters. The van der Waals surface area contributed by atoms with Crippen LogP contribution in [0.3, 0.4) is 0 Å². The third kappa shape index (κ3) is 7.13. The van der Waals surface area contributed by atoms with Crippen molar-refractivity contribution < 1.29 is 9.53 Å². The van der Waals surface area contributed by atoms with E-state index in [-0.39, 0.29) is 5.95 Å². The molecule has 1 heterocycles. The van der Waals surface area contributed by atoms with E-state index in [0.717, 1.165) is 0 Å². The molecule has 1 amide bonds. The number of hydrogen-bond donors (Lipinski definition) is 4. The van der Waals surface area contributed by atoms with Gasteiger partial charge in [-0.2, -0.15) is 5.21 Å². The first-order valence-corrected chi connectivity index (χ1v) is 6.03. The number of aromatic nitrogens is 4. The fourth-order valence-corrected chi connectivity index (χ4v) is 1.21. The van der Waals surface area contributed by atoms with Gasteiger partial charge in [-0.15, -0.1) is 5.10 Å². The SMILES string of the molecule is CC(C)(C)OC(=O)NCCNC(=S)Nc1nn[nH]n1. The molecule has 9 nitrogen and oxygen atoms in total. The van der Waals surface area contributed by atoms with Crippen LogP contribution in [0.15, 0.2) is 0 Å². The number of alkyl carbamates (subject to hydrolysis) is 1. The highest BCUT2D eigenvalue weighted by molar-refractivity contribution is 7.80. The maximum atomic E-state index is 11.3. The van der Waals surface area contributed by atoms with Gasteiger partial charge in [-0.3, -0.25) is 5.32 Å². The lowest BCUT2D eigenvalue weighted by Crippen LogP contribution is -2.39. The van der Waals surface area contributed by atoms with Crippen LogP contribution in [0.2, 0.25) is 0 Å². The van der Waals surface area contributed by atoms with Crippen molar-refractivity contribution in [3.05, 3.63) is 0 Å². The molecule has 0 bridgehead atoms. The Morgan fingerprint density at radius 1 is 1.37 bits per heavy atom. The number of ether oxygens (including phenoxy) is 1. The van der Waals surface area contributed by atoms with Gasteiger partial charge in [0.15, 0.2) is 5.11 Å². The number of H-pyrrole nitrogens is 1. The molecule has 0 aliphatic heterocycles. The van der Waals surface area contributed by atoms with E-state index in [4.69, 9.17) is 17.0 Å². The average molecular weight is 287 g/mol. The monoisotopic (exact) mass is 287 g/mol. The number of carbonyl (C=O) groups excluding carboxylic acids is 1. The average Bonchev–Trinajstić information content (AvgIpc) is 2.74. The van der Waals surface area contributed by atoms with Gasteiger partial charge in [-0.05, 0) is 38.2 Å². The Kier molecular flexibility index (Phi) is 5.42. The van der Waals surface area contributed by atoms with E-state index in [2.05, 4.69) is 36.6 Å². The minimum atomic E-state index is -0.507. The summed E-state index contributed by atoms with van der Waals surface area (Å²) >= 11 is 4.98. The number of anilines is 1. The van der Waals surface area contributed by atoms with Crippen LogP contribution < -0.4 is 16.0 Å². The maximum Gasteiger partial charge on any atom is 0.407 e. The van der Waals surface area contributed by atoms with Gasteiger partial charge in [0.05, 0.1) is 0 Å². The lowest BCUT2D eigenvalue weighted by Gasteiger charge is -2.19. The van der Waals surface area contributed by atoms with Gasteiger partial charge in [0.2, 0.25) is 0 Å². The first kappa shape index (κ1) is 15.1. The number of carbonyl (C=O) groups is 1. The second-order valence-electron chi connectivity index (χ2n) is 4.54. The smallest absolute Gasteiger partial charge is 0.407 e. The minimum Gasteiger partial charge on any atom is -0.444 e. The van der Waals surface area contributed by atoms with E-state index in [1.54, 1.807) is 20.8 Å². The molecular weight excluding hydrogens is 270 g/mol. The molecule has 0 aliphatic rings. The zero-order valence-corrected chi connectivity index (χ0v) is 11.8. The van der Waals surface area contributed by atoms with Crippen molar-refractivity contribution in [3.8, 4) is 0 Å². The van der Waals surface area contributed by atoms with Gasteiger partial charge in [-0.25, -0.2) is 4.79 Å². The number of hydrogen-bond acceptors (Lipinski definition) is 6. The fourth-order valence-electron chi connectivity index (χ4n) is 1.02. The quantitative estimate of drug-likeness (QED) is 0.452. The molecule has 0 spiro atoms. The Morgan fingerprint density at radius 3 is 2.63 bits per heavy atom. The van der Waals surface area contributed by atoms with E-state index >= 15 is 0 Å². The molecule has 10 heteroatoms. The number of amides is 1. The van der Waals surface area contributed by atoms with Crippen molar-refractivity contribution in [2.45, 2.75) is 26.4 Å². The summed E-state index contributed by atoms with van der Waals surface area (Å²) in [4.78, 5) is 11.3. The highest BCUT2D eigenvalue weighted by Crippen LogP contribution is 2.05.